The number of esters is 1. The molecule has 1 N–H and O–H groups in total. The van der Waals surface area contributed by atoms with E-state index in [-0.39, 0.29) is 11.5 Å². The SMILES string of the molecule is CC[NH+](CC)CCOC(=O)c1ccc(-n2sc3ccccc3c2=O)cc1. The Kier molecular flexibility index (Phi) is 5.85. The monoisotopic (exact) mass is 371 g/mol. The van der Waals surface area contributed by atoms with Gasteiger partial charge in [-0.3, -0.25) is 4.79 Å². The molecule has 0 bridgehead atoms. The van der Waals surface area contributed by atoms with Crippen LogP contribution in [0.15, 0.2) is 53.3 Å². The highest BCUT2D eigenvalue weighted by Crippen LogP contribution is 2.20. The lowest BCUT2D eigenvalue weighted by Gasteiger charge is -2.15. The van der Waals surface area contributed by atoms with Crippen molar-refractivity contribution in [1.82, 2.24) is 3.96 Å². The molecule has 26 heavy (non-hydrogen) atoms. The van der Waals surface area contributed by atoms with Crippen molar-refractivity contribution < 1.29 is 14.4 Å². The van der Waals surface area contributed by atoms with E-state index in [0.717, 1.165) is 30.0 Å². The Morgan fingerprint density at radius 3 is 2.42 bits per heavy atom. The predicted molar refractivity (Wildman–Crippen MR) is 105 cm³/mol. The summed E-state index contributed by atoms with van der Waals surface area (Å²) in [5, 5.41) is 0.708. The highest BCUT2D eigenvalue weighted by molar-refractivity contribution is 7.14. The minimum absolute atomic E-state index is 0.0388. The van der Waals surface area contributed by atoms with Crippen molar-refractivity contribution in [2.24, 2.45) is 0 Å². The fourth-order valence-electron chi connectivity index (χ4n) is 2.85. The lowest BCUT2D eigenvalue weighted by molar-refractivity contribution is -0.896. The quantitative estimate of drug-likeness (QED) is 0.648. The first kappa shape index (κ1) is 18.4. The van der Waals surface area contributed by atoms with Gasteiger partial charge < -0.3 is 9.64 Å². The Morgan fingerprint density at radius 1 is 1.08 bits per heavy atom. The summed E-state index contributed by atoms with van der Waals surface area (Å²) in [7, 11) is 0. The summed E-state index contributed by atoms with van der Waals surface area (Å²) >= 11 is 1.40. The standard InChI is InChI=1S/C20H22N2O3S/c1-3-21(4-2)13-14-25-20(24)15-9-11-16(12-10-15)22-19(23)17-7-5-6-8-18(17)26-22/h5-12H,3-4,13-14H2,1-2H3/p+1. The summed E-state index contributed by atoms with van der Waals surface area (Å²) in [6.07, 6.45) is 0. The van der Waals surface area contributed by atoms with Crippen LogP contribution in [-0.2, 0) is 4.74 Å². The van der Waals surface area contributed by atoms with Gasteiger partial charge in [0.05, 0.1) is 34.4 Å². The van der Waals surface area contributed by atoms with E-state index in [1.54, 1.807) is 28.2 Å². The number of carbonyl (C=O) groups is 1. The van der Waals surface area contributed by atoms with Crippen molar-refractivity contribution in [2.75, 3.05) is 26.2 Å². The molecule has 0 spiro atoms. The molecule has 0 aliphatic rings. The second-order valence-corrected chi connectivity index (χ2v) is 7.06. The van der Waals surface area contributed by atoms with E-state index < -0.39 is 0 Å². The van der Waals surface area contributed by atoms with Gasteiger partial charge in [0.1, 0.15) is 13.2 Å². The molecule has 3 rings (SSSR count). The molecule has 0 saturated carbocycles. The third-order valence-electron chi connectivity index (χ3n) is 4.52. The molecule has 1 aromatic heterocycles. The summed E-state index contributed by atoms with van der Waals surface area (Å²) in [6, 6.07) is 14.5. The fourth-order valence-corrected chi connectivity index (χ4v) is 3.85. The lowest BCUT2D eigenvalue weighted by atomic mass is 10.2. The second kappa shape index (κ2) is 8.29. The number of quaternary nitrogens is 1. The Morgan fingerprint density at radius 2 is 1.77 bits per heavy atom. The number of rotatable bonds is 7. The minimum Gasteiger partial charge on any atom is -0.456 e. The maximum atomic E-state index is 12.5. The van der Waals surface area contributed by atoms with Gasteiger partial charge in [0.25, 0.3) is 5.56 Å². The number of nitrogens with zero attached hydrogens (tertiary/aromatic N) is 1. The maximum absolute atomic E-state index is 12.5. The first-order valence-electron chi connectivity index (χ1n) is 8.86. The van der Waals surface area contributed by atoms with Crippen LogP contribution in [0.3, 0.4) is 0 Å². The normalized spacial score (nSPS) is 11.2. The number of hydrogen-bond donors (Lipinski definition) is 1. The van der Waals surface area contributed by atoms with Gasteiger partial charge in [-0.05, 0) is 50.2 Å². The first-order chi connectivity index (χ1) is 12.6. The van der Waals surface area contributed by atoms with Gasteiger partial charge in [-0.25, -0.2) is 8.75 Å². The molecule has 0 amide bonds. The Labute approximate surface area is 156 Å². The molecule has 3 aromatic rings. The summed E-state index contributed by atoms with van der Waals surface area (Å²) in [5.74, 6) is -0.327. The average Bonchev–Trinajstić information content (AvgIpc) is 3.02. The van der Waals surface area contributed by atoms with Crippen LogP contribution in [0.2, 0.25) is 0 Å². The maximum Gasteiger partial charge on any atom is 0.338 e. The van der Waals surface area contributed by atoms with Gasteiger partial charge in [0.2, 0.25) is 0 Å². The fraction of sp³-hybridized carbons (Fsp3) is 0.300. The molecule has 136 valence electrons. The zero-order valence-corrected chi connectivity index (χ0v) is 15.8. The largest absolute Gasteiger partial charge is 0.456 e. The second-order valence-electron chi connectivity index (χ2n) is 6.08. The van der Waals surface area contributed by atoms with Gasteiger partial charge >= 0.3 is 5.97 Å². The average molecular weight is 371 g/mol. The van der Waals surface area contributed by atoms with Crippen LogP contribution in [0, 0.1) is 0 Å². The zero-order chi connectivity index (χ0) is 18.5. The van der Waals surface area contributed by atoms with E-state index in [1.807, 2.05) is 24.3 Å². The van der Waals surface area contributed by atoms with Crippen LogP contribution in [0.5, 0.6) is 0 Å². The third kappa shape index (κ3) is 3.86. The van der Waals surface area contributed by atoms with E-state index in [4.69, 9.17) is 4.74 Å². The molecule has 5 nitrogen and oxygen atoms in total. The minimum atomic E-state index is -0.327. The van der Waals surface area contributed by atoms with Crippen molar-refractivity contribution in [3.63, 3.8) is 0 Å². The van der Waals surface area contributed by atoms with Gasteiger partial charge in [-0.2, -0.15) is 0 Å². The number of carbonyl (C=O) groups excluding carboxylic acids is 1. The van der Waals surface area contributed by atoms with Gasteiger partial charge in [-0.1, -0.05) is 23.7 Å². The van der Waals surface area contributed by atoms with Crippen molar-refractivity contribution in [1.29, 1.82) is 0 Å². The van der Waals surface area contributed by atoms with E-state index in [0.29, 0.717) is 17.6 Å². The van der Waals surface area contributed by atoms with E-state index in [1.165, 1.54) is 16.4 Å². The smallest absolute Gasteiger partial charge is 0.338 e. The number of aromatic nitrogens is 1. The predicted octanol–water partition coefficient (Wildman–Crippen LogP) is 2.13. The van der Waals surface area contributed by atoms with Gasteiger partial charge in [0.15, 0.2) is 0 Å². The van der Waals surface area contributed by atoms with Crippen LogP contribution in [0.4, 0.5) is 0 Å². The third-order valence-corrected chi connectivity index (χ3v) is 5.63. The molecule has 1 heterocycles. The Bertz CT molecular complexity index is 940. The lowest BCUT2D eigenvalue weighted by Crippen LogP contribution is -3.11. The summed E-state index contributed by atoms with van der Waals surface area (Å²) in [4.78, 5) is 26.1. The van der Waals surface area contributed by atoms with Gasteiger partial charge in [-0.15, -0.1) is 0 Å². The number of nitrogens with one attached hydrogen (secondary N) is 1. The molecular weight excluding hydrogens is 348 g/mol. The Hall–Kier alpha value is -2.44. The summed E-state index contributed by atoms with van der Waals surface area (Å²) < 4.78 is 7.94. The molecular formula is C20H23N2O3S+. The topological polar surface area (TPSA) is 52.7 Å². The molecule has 6 heteroatoms. The number of benzene rings is 2. The Balaban J connectivity index is 1.71. The molecule has 2 aromatic carbocycles. The molecule has 0 fully saturated rings. The van der Waals surface area contributed by atoms with Crippen LogP contribution in [0.1, 0.15) is 24.2 Å². The van der Waals surface area contributed by atoms with Crippen LogP contribution < -0.4 is 10.5 Å². The highest BCUT2D eigenvalue weighted by Gasteiger charge is 2.12. The van der Waals surface area contributed by atoms with Crippen molar-refractivity contribution in [3.8, 4) is 5.69 Å². The molecule has 0 aliphatic heterocycles. The number of likely N-dealkylation sites (N-methyl/N-ethyl adjacent to an activating group) is 1. The van der Waals surface area contributed by atoms with Crippen LogP contribution in [0.25, 0.3) is 15.8 Å². The first-order valence-corrected chi connectivity index (χ1v) is 9.63. The molecule has 0 atom stereocenters. The van der Waals surface area contributed by atoms with Crippen LogP contribution in [-0.4, -0.2) is 36.2 Å². The van der Waals surface area contributed by atoms with Gasteiger partial charge in [0, 0.05) is 0 Å². The van der Waals surface area contributed by atoms with E-state index in [9.17, 15) is 9.59 Å². The number of fused-ring (bicyclic) bond motifs is 1. The van der Waals surface area contributed by atoms with E-state index in [2.05, 4.69) is 13.8 Å². The van der Waals surface area contributed by atoms with Crippen molar-refractivity contribution in [2.45, 2.75) is 13.8 Å². The number of hydrogen-bond acceptors (Lipinski definition) is 4. The zero-order valence-electron chi connectivity index (χ0n) is 15.0. The molecule has 0 aliphatic carbocycles. The summed E-state index contributed by atoms with van der Waals surface area (Å²) in [6.45, 7) is 7.51. The molecule has 0 saturated heterocycles. The summed E-state index contributed by atoms with van der Waals surface area (Å²) in [5.41, 5.74) is 1.21. The van der Waals surface area contributed by atoms with Crippen LogP contribution >= 0.6 is 11.5 Å². The molecule has 0 radical (unpaired) electrons. The highest BCUT2D eigenvalue weighted by atomic mass is 32.1. The number of ether oxygens (including phenoxy) is 1. The van der Waals surface area contributed by atoms with Crippen molar-refractivity contribution >= 4 is 27.6 Å². The molecule has 0 unspecified atom stereocenters. The van der Waals surface area contributed by atoms with E-state index >= 15 is 0 Å². The van der Waals surface area contributed by atoms with Crippen molar-refractivity contribution in [3.05, 3.63) is 64.4 Å².